The van der Waals surface area contributed by atoms with Crippen molar-refractivity contribution in [3.63, 3.8) is 0 Å². The van der Waals surface area contributed by atoms with Gasteiger partial charge in [0.1, 0.15) is 60.1 Å². The molecule has 14 nitrogen and oxygen atoms in total. The number of hydrogen-bond donors (Lipinski definition) is 4. The molecule has 4 N–H and O–H groups in total. The van der Waals surface area contributed by atoms with Crippen molar-refractivity contribution in [3.8, 4) is 11.5 Å². The Morgan fingerprint density at radius 2 is 0.741 bits per heavy atom. The Labute approximate surface area is 317 Å². The first-order chi connectivity index (χ1) is 24.5. The van der Waals surface area contributed by atoms with Gasteiger partial charge in [-0.2, -0.15) is 0 Å². The summed E-state index contributed by atoms with van der Waals surface area (Å²) in [6.07, 6.45) is -2.49. The number of aromatic hydroxyl groups is 2. The van der Waals surface area contributed by atoms with Gasteiger partial charge in [-0.15, -0.1) is 0 Å². The standard InChI is InChI=1S/C40H58N2O12/c1-37(2,3)51-29(45)19-41(20-30(46)52-38(4,5)6)23-13-15-25(27(43)17-23)33-35(49)34(36(33)50)26-16-14-24(18-28(26)44)42(21-31(47)53-39(7,8)9)22-32(48)54-40(10,11)12/h13-18,33-36,43-44,49-50H,19-22H2,1-12H3. The summed E-state index contributed by atoms with van der Waals surface area (Å²) >= 11 is 0. The number of aliphatic hydroxyl groups is 2. The maximum Gasteiger partial charge on any atom is 0.326 e. The third-order valence-electron chi connectivity index (χ3n) is 7.91. The third kappa shape index (κ3) is 12.8. The Bertz CT molecular complexity index is 1490. The van der Waals surface area contributed by atoms with E-state index >= 15 is 0 Å². The number of carbonyl (C=O) groups is 4. The van der Waals surface area contributed by atoms with Crippen LogP contribution in [-0.4, -0.2) is 105 Å². The second kappa shape index (κ2) is 16.4. The number of aliphatic hydroxyl groups excluding tert-OH is 2. The van der Waals surface area contributed by atoms with Crippen molar-refractivity contribution in [1.29, 1.82) is 0 Å². The number of nitrogens with zero attached hydrogens (tertiary/aromatic N) is 2. The summed E-state index contributed by atoms with van der Waals surface area (Å²) in [5.74, 6) is -4.93. The summed E-state index contributed by atoms with van der Waals surface area (Å²) < 4.78 is 21.8. The highest BCUT2D eigenvalue weighted by Gasteiger charge is 2.52. The van der Waals surface area contributed by atoms with Gasteiger partial charge in [0.2, 0.25) is 0 Å². The topological polar surface area (TPSA) is 193 Å². The summed E-state index contributed by atoms with van der Waals surface area (Å²) in [6.45, 7) is 19.3. The van der Waals surface area contributed by atoms with E-state index in [-0.39, 0.29) is 48.8 Å². The Morgan fingerprint density at radius 1 is 0.500 bits per heavy atom. The molecule has 0 spiro atoms. The smallest absolute Gasteiger partial charge is 0.326 e. The average Bonchev–Trinajstić information content (AvgIpc) is 2.94. The fraction of sp³-hybridized carbons (Fsp3) is 0.600. The van der Waals surface area contributed by atoms with Crippen molar-refractivity contribution < 1.29 is 58.6 Å². The quantitative estimate of drug-likeness (QED) is 0.172. The van der Waals surface area contributed by atoms with Crippen LogP contribution in [0.5, 0.6) is 11.5 Å². The van der Waals surface area contributed by atoms with Crippen molar-refractivity contribution in [2.24, 2.45) is 0 Å². The van der Waals surface area contributed by atoms with Crippen LogP contribution < -0.4 is 9.80 Å². The molecule has 0 atom stereocenters. The van der Waals surface area contributed by atoms with Gasteiger partial charge in [-0.3, -0.25) is 19.2 Å². The fourth-order valence-electron chi connectivity index (χ4n) is 6.06. The molecule has 2 aromatic carbocycles. The number of rotatable bonds is 12. The van der Waals surface area contributed by atoms with E-state index in [1.807, 2.05) is 0 Å². The van der Waals surface area contributed by atoms with Gasteiger partial charge in [0.25, 0.3) is 0 Å². The van der Waals surface area contributed by atoms with Crippen LogP contribution in [0.3, 0.4) is 0 Å². The van der Waals surface area contributed by atoms with Crippen molar-refractivity contribution in [2.75, 3.05) is 36.0 Å². The molecule has 0 aromatic heterocycles. The summed E-state index contributed by atoms with van der Waals surface area (Å²) in [5.41, 5.74) is -2.09. The largest absolute Gasteiger partial charge is 0.508 e. The normalized spacial score (nSPS) is 18.9. The van der Waals surface area contributed by atoms with Gasteiger partial charge >= 0.3 is 23.9 Å². The Morgan fingerprint density at radius 3 is 0.944 bits per heavy atom. The van der Waals surface area contributed by atoms with Gasteiger partial charge < -0.3 is 49.2 Å². The number of phenolic OH excluding ortho intramolecular Hbond substituents is 2. The van der Waals surface area contributed by atoms with Crippen molar-refractivity contribution >= 4 is 35.3 Å². The lowest BCUT2D eigenvalue weighted by Gasteiger charge is -2.47. The molecular weight excluding hydrogens is 700 g/mol. The number of carbonyl (C=O) groups excluding carboxylic acids is 4. The first kappa shape index (κ1) is 43.8. The first-order valence-electron chi connectivity index (χ1n) is 17.9. The van der Waals surface area contributed by atoms with Crippen LogP contribution in [0.2, 0.25) is 0 Å². The average molecular weight is 759 g/mol. The monoisotopic (exact) mass is 758 g/mol. The molecule has 3 rings (SSSR count). The number of phenols is 2. The minimum absolute atomic E-state index is 0.210. The zero-order valence-corrected chi connectivity index (χ0v) is 33.6. The Balaban J connectivity index is 1.86. The lowest BCUT2D eigenvalue weighted by atomic mass is 9.63. The second-order valence-electron chi connectivity index (χ2n) is 17.6. The Kier molecular flexibility index (Phi) is 13.3. The summed E-state index contributed by atoms with van der Waals surface area (Å²) in [7, 11) is 0. The molecule has 0 aliphatic heterocycles. The molecule has 0 radical (unpaired) electrons. The van der Waals surface area contributed by atoms with Gasteiger partial charge in [-0.25, -0.2) is 0 Å². The molecular formula is C40H58N2O12. The molecule has 300 valence electrons. The van der Waals surface area contributed by atoms with E-state index in [9.17, 15) is 39.6 Å². The van der Waals surface area contributed by atoms with Gasteiger partial charge in [0.05, 0.1) is 12.2 Å². The van der Waals surface area contributed by atoms with Crippen molar-refractivity contribution in [1.82, 2.24) is 0 Å². The van der Waals surface area contributed by atoms with E-state index in [2.05, 4.69) is 0 Å². The predicted molar refractivity (Wildman–Crippen MR) is 202 cm³/mol. The second-order valence-corrected chi connectivity index (χ2v) is 17.6. The lowest BCUT2D eigenvalue weighted by Crippen LogP contribution is -2.51. The minimum Gasteiger partial charge on any atom is -0.508 e. The van der Waals surface area contributed by atoms with Crippen molar-refractivity contribution in [2.45, 2.75) is 130 Å². The highest BCUT2D eigenvalue weighted by molar-refractivity contribution is 5.83. The molecule has 0 bridgehead atoms. The van der Waals surface area contributed by atoms with Gasteiger partial charge in [-0.05, 0) is 95.2 Å². The van der Waals surface area contributed by atoms with Crippen LogP contribution >= 0.6 is 0 Å². The van der Waals surface area contributed by atoms with E-state index in [0.29, 0.717) is 11.4 Å². The maximum absolute atomic E-state index is 12.8. The number of anilines is 2. The molecule has 54 heavy (non-hydrogen) atoms. The van der Waals surface area contributed by atoms with Crippen LogP contribution in [0.15, 0.2) is 36.4 Å². The van der Waals surface area contributed by atoms with Gasteiger partial charge in [0, 0.05) is 46.5 Å². The summed E-state index contributed by atoms with van der Waals surface area (Å²) in [6, 6.07) is 8.73. The highest BCUT2D eigenvalue weighted by Crippen LogP contribution is 2.52. The Hall–Kier alpha value is -4.56. The minimum atomic E-state index is -1.24. The zero-order valence-electron chi connectivity index (χ0n) is 33.6. The molecule has 0 saturated heterocycles. The van der Waals surface area contributed by atoms with Crippen LogP contribution in [0, 0.1) is 0 Å². The van der Waals surface area contributed by atoms with Crippen LogP contribution in [0.25, 0.3) is 0 Å². The fourth-order valence-corrected chi connectivity index (χ4v) is 6.06. The molecule has 1 fully saturated rings. The highest BCUT2D eigenvalue weighted by atomic mass is 16.6. The predicted octanol–water partition coefficient (Wildman–Crippen LogP) is 4.68. The lowest BCUT2D eigenvalue weighted by molar-refractivity contribution is -0.156. The molecule has 0 heterocycles. The molecule has 0 unspecified atom stereocenters. The van der Waals surface area contributed by atoms with E-state index in [1.165, 1.54) is 34.1 Å². The van der Waals surface area contributed by atoms with E-state index in [0.717, 1.165) is 0 Å². The number of esters is 4. The van der Waals surface area contributed by atoms with E-state index in [1.54, 1.807) is 95.2 Å². The van der Waals surface area contributed by atoms with Crippen LogP contribution in [-0.2, 0) is 38.1 Å². The van der Waals surface area contributed by atoms with E-state index in [4.69, 9.17) is 18.9 Å². The SMILES string of the molecule is CC(C)(C)OC(=O)CN(CC(=O)OC(C)(C)C)c1ccc(C2C(O)C(c3ccc(N(CC(=O)OC(C)(C)C)CC(=O)OC(C)(C)C)cc3O)C2O)c(O)c1. The van der Waals surface area contributed by atoms with Crippen LogP contribution in [0.1, 0.15) is 106 Å². The number of hydrogen-bond acceptors (Lipinski definition) is 14. The van der Waals surface area contributed by atoms with Gasteiger partial charge in [-0.1, -0.05) is 12.1 Å². The third-order valence-corrected chi connectivity index (χ3v) is 7.91. The van der Waals surface area contributed by atoms with Crippen molar-refractivity contribution in [3.05, 3.63) is 47.5 Å². The molecule has 0 amide bonds. The van der Waals surface area contributed by atoms with E-state index < -0.39 is 70.3 Å². The molecule has 1 aliphatic carbocycles. The maximum atomic E-state index is 12.8. The summed E-state index contributed by atoms with van der Waals surface area (Å²) in [5, 5.41) is 44.9. The molecule has 1 aliphatic rings. The molecule has 14 heteroatoms. The molecule has 1 saturated carbocycles. The number of benzene rings is 2. The van der Waals surface area contributed by atoms with Gasteiger partial charge in [0.15, 0.2) is 0 Å². The first-order valence-corrected chi connectivity index (χ1v) is 17.9. The number of ether oxygens (including phenoxy) is 4. The zero-order chi connectivity index (χ0) is 41.1. The summed E-state index contributed by atoms with van der Waals surface area (Å²) in [4.78, 5) is 53.8. The van der Waals surface area contributed by atoms with Crippen LogP contribution in [0.4, 0.5) is 11.4 Å². The molecule has 2 aromatic rings.